The van der Waals surface area contributed by atoms with Crippen molar-refractivity contribution in [1.29, 1.82) is 0 Å². The quantitative estimate of drug-likeness (QED) is 0.773. The van der Waals surface area contributed by atoms with Crippen LogP contribution < -0.4 is 4.74 Å². The topological polar surface area (TPSA) is 26.3 Å². The molecule has 3 rings (SSSR count). The SMILES string of the molecule is O=C(c1ccc(F)c(Cl)c1)c1cc(Cl)cc2c1OCC2. The van der Waals surface area contributed by atoms with Crippen LogP contribution in [0.4, 0.5) is 4.39 Å². The number of benzene rings is 2. The molecule has 1 aliphatic rings. The summed E-state index contributed by atoms with van der Waals surface area (Å²) < 4.78 is 18.7. The van der Waals surface area contributed by atoms with Crippen molar-refractivity contribution in [3.05, 3.63) is 62.9 Å². The number of ketones is 1. The molecule has 0 spiro atoms. The molecule has 2 aromatic carbocycles. The smallest absolute Gasteiger partial charge is 0.196 e. The molecule has 2 aromatic rings. The zero-order valence-corrected chi connectivity index (χ0v) is 11.8. The summed E-state index contributed by atoms with van der Waals surface area (Å²) in [5, 5.41) is 0.390. The van der Waals surface area contributed by atoms with Crippen LogP contribution in [0, 0.1) is 5.82 Å². The maximum Gasteiger partial charge on any atom is 0.196 e. The summed E-state index contributed by atoms with van der Waals surface area (Å²) in [4.78, 5) is 12.5. The molecular formula is C15H9Cl2FO2. The minimum Gasteiger partial charge on any atom is -0.492 e. The maximum atomic E-state index is 13.2. The average Bonchev–Trinajstić information content (AvgIpc) is 2.88. The zero-order chi connectivity index (χ0) is 14.3. The Kier molecular flexibility index (Phi) is 3.40. The molecule has 20 heavy (non-hydrogen) atoms. The molecule has 0 fully saturated rings. The lowest BCUT2D eigenvalue weighted by atomic mass is 10.00. The predicted octanol–water partition coefficient (Wildman–Crippen LogP) is 4.30. The minimum absolute atomic E-state index is 0.0876. The number of hydrogen-bond donors (Lipinski definition) is 0. The minimum atomic E-state index is -0.559. The van der Waals surface area contributed by atoms with Gasteiger partial charge >= 0.3 is 0 Å². The lowest BCUT2D eigenvalue weighted by molar-refractivity contribution is 0.103. The van der Waals surface area contributed by atoms with Gasteiger partial charge in [-0.3, -0.25) is 4.79 Å². The fourth-order valence-corrected chi connectivity index (χ4v) is 2.65. The van der Waals surface area contributed by atoms with Gasteiger partial charge in [-0.05, 0) is 35.9 Å². The van der Waals surface area contributed by atoms with Crippen LogP contribution >= 0.6 is 23.2 Å². The highest BCUT2D eigenvalue weighted by Gasteiger charge is 2.23. The lowest BCUT2D eigenvalue weighted by Crippen LogP contribution is -2.04. The van der Waals surface area contributed by atoms with Crippen molar-refractivity contribution in [3.8, 4) is 5.75 Å². The largest absolute Gasteiger partial charge is 0.492 e. The second-order valence-electron chi connectivity index (χ2n) is 4.50. The highest BCUT2D eigenvalue weighted by molar-refractivity contribution is 6.32. The first-order valence-corrected chi connectivity index (χ1v) is 6.77. The van der Waals surface area contributed by atoms with Gasteiger partial charge in [0.2, 0.25) is 0 Å². The van der Waals surface area contributed by atoms with Gasteiger partial charge < -0.3 is 4.74 Å². The van der Waals surface area contributed by atoms with Crippen LogP contribution in [-0.4, -0.2) is 12.4 Å². The van der Waals surface area contributed by atoms with Crippen LogP contribution in [0.5, 0.6) is 5.75 Å². The third-order valence-electron chi connectivity index (χ3n) is 3.17. The number of carbonyl (C=O) groups is 1. The zero-order valence-electron chi connectivity index (χ0n) is 10.3. The van der Waals surface area contributed by atoms with E-state index in [1.807, 2.05) is 0 Å². The third kappa shape index (κ3) is 2.28. The molecule has 0 saturated heterocycles. The molecule has 0 aromatic heterocycles. The Morgan fingerprint density at radius 3 is 2.75 bits per heavy atom. The van der Waals surface area contributed by atoms with Crippen LogP contribution in [-0.2, 0) is 6.42 Å². The number of hydrogen-bond acceptors (Lipinski definition) is 2. The Morgan fingerprint density at radius 2 is 2.00 bits per heavy atom. The van der Waals surface area contributed by atoms with E-state index in [1.54, 1.807) is 12.1 Å². The van der Waals surface area contributed by atoms with Crippen molar-refractivity contribution in [2.24, 2.45) is 0 Å². The van der Waals surface area contributed by atoms with Crippen molar-refractivity contribution < 1.29 is 13.9 Å². The number of ether oxygens (including phenoxy) is 1. The van der Waals surface area contributed by atoms with E-state index in [0.717, 1.165) is 12.0 Å². The van der Waals surface area contributed by atoms with E-state index in [0.29, 0.717) is 28.5 Å². The molecule has 5 heteroatoms. The third-order valence-corrected chi connectivity index (χ3v) is 3.68. The Bertz CT molecular complexity index is 713. The summed E-state index contributed by atoms with van der Waals surface area (Å²) in [5.74, 6) is -0.289. The molecule has 0 bridgehead atoms. The van der Waals surface area contributed by atoms with Crippen molar-refractivity contribution in [1.82, 2.24) is 0 Å². The molecule has 0 radical (unpaired) electrons. The van der Waals surface area contributed by atoms with E-state index in [4.69, 9.17) is 27.9 Å². The van der Waals surface area contributed by atoms with Crippen molar-refractivity contribution in [2.45, 2.75) is 6.42 Å². The number of fused-ring (bicyclic) bond motifs is 1. The molecule has 0 unspecified atom stereocenters. The molecule has 0 saturated carbocycles. The van der Waals surface area contributed by atoms with Gasteiger partial charge in [-0.2, -0.15) is 0 Å². The predicted molar refractivity (Wildman–Crippen MR) is 75.5 cm³/mol. The summed E-state index contributed by atoms with van der Waals surface area (Å²) in [6.45, 7) is 0.528. The van der Waals surface area contributed by atoms with Gasteiger partial charge in [0.15, 0.2) is 5.78 Å². The summed E-state index contributed by atoms with van der Waals surface area (Å²) in [5.41, 5.74) is 1.60. The van der Waals surface area contributed by atoms with Crippen LogP contribution in [0.2, 0.25) is 10.0 Å². The summed E-state index contributed by atoms with van der Waals surface area (Å²) in [7, 11) is 0. The molecule has 1 heterocycles. The average molecular weight is 311 g/mol. The van der Waals surface area contributed by atoms with E-state index >= 15 is 0 Å². The Morgan fingerprint density at radius 1 is 1.20 bits per heavy atom. The first-order valence-electron chi connectivity index (χ1n) is 6.01. The second kappa shape index (κ2) is 5.08. The first kappa shape index (κ1) is 13.4. The molecular weight excluding hydrogens is 302 g/mol. The van der Waals surface area contributed by atoms with E-state index in [-0.39, 0.29) is 10.8 Å². The van der Waals surface area contributed by atoms with Crippen LogP contribution in [0.15, 0.2) is 30.3 Å². The van der Waals surface area contributed by atoms with Crippen LogP contribution in [0.3, 0.4) is 0 Å². The number of carbonyl (C=O) groups excluding carboxylic acids is 1. The van der Waals surface area contributed by atoms with Gasteiger partial charge in [0.25, 0.3) is 0 Å². The lowest BCUT2D eigenvalue weighted by Gasteiger charge is -2.08. The summed E-state index contributed by atoms with van der Waals surface area (Å²) >= 11 is 11.7. The van der Waals surface area contributed by atoms with Gasteiger partial charge in [-0.15, -0.1) is 0 Å². The number of halogens is 3. The molecule has 0 N–H and O–H groups in total. The monoisotopic (exact) mass is 310 g/mol. The van der Waals surface area contributed by atoms with Gasteiger partial charge in [0.05, 0.1) is 17.2 Å². The van der Waals surface area contributed by atoms with E-state index in [1.165, 1.54) is 18.2 Å². The normalized spacial score (nSPS) is 12.9. The Balaban J connectivity index is 2.09. The highest BCUT2D eigenvalue weighted by atomic mass is 35.5. The maximum absolute atomic E-state index is 13.2. The van der Waals surface area contributed by atoms with Crippen molar-refractivity contribution in [2.75, 3.05) is 6.61 Å². The summed E-state index contributed by atoms with van der Waals surface area (Å²) in [6, 6.07) is 7.22. The molecule has 0 amide bonds. The fourth-order valence-electron chi connectivity index (χ4n) is 2.23. The van der Waals surface area contributed by atoms with Gasteiger partial charge in [-0.25, -0.2) is 4.39 Å². The van der Waals surface area contributed by atoms with Gasteiger partial charge in [0, 0.05) is 17.0 Å². The Hall–Kier alpha value is -1.58. The first-order chi connectivity index (χ1) is 9.56. The van der Waals surface area contributed by atoms with E-state index in [9.17, 15) is 9.18 Å². The number of rotatable bonds is 2. The van der Waals surface area contributed by atoms with Gasteiger partial charge in [0.1, 0.15) is 11.6 Å². The molecule has 0 aliphatic carbocycles. The van der Waals surface area contributed by atoms with Crippen molar-refractivity contribution >= 4 is 29.0 Å². The van der Waals surface area contributed by atoms with Crippen molar-refractivity contribution in [3.63, 3.8) is 0 Å². The molecule has 0 atom stereocenters. The van der Waals surface area contributed by atoms with Crippen LogP contribution in [0.1, 0.15) is 21.5 Å². The molecule has 1 aliphatic heterocycles. The highest BCUT2D eigenvalue weighted by Crippen LogP contribution is 2.34. The van der Waals surface area contributed by atoms with E-state index < -0.39 is 5.82 Å². The van der Waals surface area contributed by atoms with Gasteiger partial charge in [-0.1, -0.05) is 23.2 Å². The fraction of sp³-hybridized carbons (Fsp3) is 0.133. The standard InChI is InChI=1S/C15H9Cl2FO2/c16-10-5-9-3-4-20-15(9)11(7-10)14(19)8-1-2-13(18)12(17)6-8/h1-2,5-7H,3-4H2. The molecule has 102 valence electrons. The van der Waals surface area contributed by atoms with E-state index in [2.05, 4.69) is 0 Å². The molecule has 2 nitrogen and oxygen atoms in total. The van der Waals surface area contributed by atoms with Crippen LogP contribution in [0.25, 0.3) is 0 Å². The summed E-state index contributed by atoms with van der Waals surface area (Å²) in [6.07, 6.45) is 0.723. The Labute approximate surface area is 125 Å². The second-order valence-corrected chi connectivity index (χ2v) is 5.34.